The van der Waals surface area contributed by atoms with E-state index in [1.54, 1.807) is 0 Å². The van der Waals surface area contributed by atoms with Crippen LogP contribution in [0, 0.1) is 5.41 Å². The lowest BCUT2D eigenvalue weighted by molar-refractivity contribution is 0.0478. The van der Waals surface area contributed by atoms with Crippen molar-refractivity contribution in [3.8, 4) is 0 Å². The second-order valence-corrected chi connectivity index (χ2v) is 8.09. The molecule has 1 rings (SSSR count). The minimum atomic E-state index is -0.437. The van der Waals surface area contributed by atoms with Gasteiger partial charge < -0.3 is 15.4 Å². The van der Waals surface area contributed by atoms with Crippen LogP contribution in [0.15, 0.2) is 0 Å². The fourth-order valence-electron chi connectivity index (χ4n) is 2.44. The summed E-state index contributed by atoms with van der Waals surface area (Å²) < 4.78 is 5.36. The highest BCUT2D eigenvalue weighted by Crippen LogP contribution is 2.21. The van der Waals surface area contributed by atoms with Gasteiger partial charge in [-0.3, -0.25) is 0 Å². The molecule has 1 aliphatic rings. The molecule has 2 atom stereocenters. The predicted octanol–water partition coefficient (Wildman–Crippen LogP) is 3.46. The molecule has 0 bridgehead atoms. The molecule has 0 aliphatic heterocycles. The number of carbonyl (C=O) groups is 1. The molecule has 0 saturated heterocycles. The summed E-state index contributed by atoms with van der Waals surface area (Å²) in [4.78, 5) is 11.9. The second-order valence-electron chi connectivity index (χ2n) is 8.09. The molecule has 1 aliphatic carbocycles. The van der Waals surface area contributed by atoms with E-state index in [1.165, 1.54) is 12.8 Å². The van der Waals surface area contributed by atoms with Crippen LogP contribution in [0.25, 0.3) is 0 Å². The van der Waals surface area contributed by atoms with Gasteiger partial charge in [0.15, 0.2) is 0 Å². The Morgan fingerprint density at radius 3 is 2.10 bits per heavy atom. The van der Waals surface area contributed by atoms with Crippen LogP contribution in [0.1, 0.15) is 67.2 Å². The molecule has 2 N–H and O–H groups in total. The predicted molar refractivity (Wildman–Crippen MR) is 82.9 cm³/mol. The van der Waals surface area contributed by atoms with Crippen LogP contribution in [-0.2, 0) is 4.74 Å². The van der Waals surface area contributed by atoms with Crippen molar-refractivity contribution >= 4 is 6.09 Å². The van der Waals surface area contributed by atoms with Gasteiger partial charge in [0, 0.05) is 18.6 Å². The molecular weight excluding hydrogens is 252 g/mol. The average molecular weight is 284 g/mol. The number of hydrogen-bond donors (Lipinski definition) is 2. The van der Waals surface area contributed by atoms with E-state index in [4.69, 9.17) is 4.74 Å². The molecule has 0 aromatic rings. The Labute approximate surface area is 124 Å². The number of ether oxygens (including phenoxy) is 1. The van der Waals surface area contributed by atoms with Crippen LogP contribution in [0.5, 0.6) is 0 Å². The van der Waals surface area contributed by atoms with Gasteiger partial charge in [-0.1, -0.05) is 33.6 Å². The lowest BCUT2D eigenvalue weighted by Gasteiger charge is -2.35. The van der Waals surface area contributed by atoms with Gasteiger partial charge in [-0.25, -0.2) is 4.79 Å². The molecular formula is C16H32N2O2. The quantitative estimate of drug-likeness (QED) is 0.834. The van der Waals surface area contributed by atoms with E-state index >= 15 is 0 Å². The van der Waals surface area contributed by atoms with Gasteiger partial charge in [0.25, 0.3) is 0 Å². The fraction of sp³-hybridized carbons (Fsp3) is 0.938. The van der Waals surface area contributed by atoms with E-state index < -0.39 is 5.60 Å². The fourth-order valence-corrected chi connectivity index (χ4v) is 2.44. The Morgan fingerprint density at radius 2 is 1.60 bits per heavy atom. The Kier molecular flexibility index (Phi) is 5.87. The van der Waals surface area contributed by atoms with Gasteiger partial charge in [0.05, 0.1) is 0 Å². The third-order valence-electron chi connectivity index (χ3n) is 3.36. The Hall–Kier alpha value is -0.770. The summed E-state index contributed by atoms with van der Waals surface area (Å²) >= 11 is 0. The first-order valence-electron chi connectivity index (χ1n) is 7.80. The highest BCUT2D eigenvalue weighted by molar-refractivity contribution is 5.68. The lowest BCUT2D eigenvalue weighted by atomic mass is 9.88. The van der Waals surface area contributed by atoms with Crippen LogP contribution in [0.2, 0.25) is 0 Å². The van der Waals surface area contributed by atoms with Gasteiger partial charge in [-0.2, -0.15) is 0 Å². The van der Waals surface area contributed by atoms with Crippen molar-refractivity contribution in [3.05, 3.63) is 0 Å². The first kappa shape index (κ1) is 17.3. The Morgan fingerprint density at radius 1 is 1.05 bits per heavy atom. The van der Waals surface area contributed by atoms with Crippen LogP contribution < -0.4 is 10.6 Å². The SMILES string of the molecule is CC(C)(C)CN[C@@H]1CCCC[C@@H]1NC(=O)OC(C)(C)C. The summed E-state index contributed by atoms with van der Waals surface area (Å²) in [5, 5.41) is 6.65. The number of hydrogen-bond acceptors (Lipinski definition) is 3. The van der Waals surface area contributed by atoms with Crippen molar-refractivity contribution in [2.45, 2.75) is 84.9 Å². The van der Waals surface area contributed by atoms with Gasteiger partial charge in [-0.15, -0.1) is 0 Å². The number of carbonyl (C=O) groups excluding carboxylic acids is 1. The third kappa shape index (κ3) is 7.13. The maximum absolute atomic E-state index is 11.9. The van der Waals surface area contributed by atoms with Crippen LogP contribution in [0.4, 0.5) is 4.79 Å². The third-order valence-corrected chi connectivity index (χ3v) is 3.36. The van der Waals surface area contributed by atoms with E-state index in [1.807, 2.05) is 20.8 Å². The van der Waals surface area contributed by atoms with Gasteiger partial charge in [-0.05, 0) is 39.0 Å². The maximum Gasteiger partial charge on any atom is 0.407 e. The van der Waals surface area contributed by atoms with E-state index in [0.29, 0.717) is 6.04 Å². The van der Waals surface area contributed by atoms with Crippen molar-refractivity contribution in [3.63, 3.8) is 0 Å². The smallest absolute Gasteiger partial charge is 0.407 e. The maximum atomic E-state index is 11.9. The standard InChI is InChI=1S/C16H32N2O2/c1-15(2,3)11-17-12-9-7-8-10-13(12)18-14(19)20-16(4,5)6/h12-13,17H,7-11H2,1-6H3,(H,18,19)/t12-,13+/m1/s1. The Balaban J connectivity index is 2.49. The summed E-state index contributed by atoms with van der Waals surface area (Å²) in [5.41, 5.74) is -0.180. The monoisotopic (exact) mass is 284 g/mol. The molecule has 4 heteroatoms. The normalized spacial score (nSPS) is 24.3. The van der Waals surface area contributed by atoms with Gasteiger partial charge in [0.2, 0.25) is 0 Å². The van der Waals surface area contributed by atoms with Gasteiger partial charge >= 0.3 is 6.09 Å². The minimum Gasteiger partial charge on any atom is -0.444 e. The number of amides is 1. The first-order valence-corrected chi connectivity index (χ1v) is 7.80. The van der Waals surface area contributed by atoms with Gasteiger partial charge in [0.1, 0.15) is 5.60 Å². The van der Waals surface area contributed by atoms with E-state index in [-0.39, 0.29) is 17.6 Å². The number of alkyl carbamates (subject to hydrolysis) is 1. The first-order chi connectivity index (χ1) is 9.07. The molecule has 0 heterocycles. The average Bonchev–Trinajstić information content (AvgIpc) is 2.24. The summed E-state index contributed by atoms with van der Waals surface area (Å²) in [5.74, 6) is 0. The molecule has 20 heavy (non-hydrogen) atoms. The topological polar surface area (TPSA) is 50.4 Å². The molecule has 0 unspecified atom stereocenters. The lowest BCUT2D eigenvalue weighted by Crippen LogP contribution is -2.53. The zero-order chi connectivity index (χ0) is 15.4. The molecule has 0 aromatic carbocycles. The highest BCUT2D eigenvalue weighted by Gasteiger charge is 2.28. The summed E-state index contributed by atoms with van der Waals surface area (Å²) in [6.07, 6.45) is 4.26. The molecule has 1 amide bonds. The highest BCUT2D eigenvalue weighted by atomic mass is 16.6. The molecule has 4 nitrogen and oxygen atoms in total. The second kappa shape index (κ2) is 6.79. The summed E-state index contributed by atoms with van der Waals surface area (Å²) in [6, 6.07) is 0.538. The van der Waals surface area contributed by atoms with Crippen molar-refractivity contribution in [1.82, 2.24) is 10.6 Å². The van der Waals surface area contributed by atoms with Crippen LogP contribution in [-0.4, -0.2) is 30.3 Å². The van der Waals surface area contributed by atoms with Crippen molar-refractivity contribution < 1.29 is 9.53 Å². The van der Waals surface area contributed by atoms with Crippen molar-refractivity contribution in [2.75, 3.05) is 6.54 Å². The van der Waals surface area contributed by atoms with Crippen LogP contribution >= 0.6 is 0 Å². The van der Waals surface area contributed by atoms with Crippen molar-refractivity contribution in [1.29, 1.82) is 0 Å². The van der Waals surface area contributed by atoms with E-state index in [2.05, 4.69) is 31.4 Å². The summed E-state index contributed by atoms with van der Waals surface area (Å²) in [7, 11) is 0. The number of nitrogens with one attached hydrogen (secondary N) is 2. The molecule has 0 spiro atoms. The summed E-state index contributed by atoms with van der Waals surface area (Å²) in [6.45, 7) is 13.3. The molecule has 1 saturated carbocycles. The number of rotatable bonds is 3. The largest absolute Gasteiger partial charge is 0.444 e. The molecule has 118 valence electrons. The van der Waals surface area contributed by atoms with Crippen LogP contribution in [0.3, 0.4) is 0 Å². The molecule has 0 radical (unpaired) electrons. The van der Waals surface area contributed by atoms with Crippen molar-refractivity contribution in [2.24, 2.45) is 5.41 Å². The minimum absolute atomic E-state index is 0.181. The van der Waals surface area contributed by atoms with E-state index in [9.17, 15) is 4.79 Å². The molecule has 0 aromatic heterocycles. The Bertz CT molecular complexity index is 315. The molecule has 1 fully saturated rings. The zero-order valence-electron chi connectivity index (χ0n) is 14.0. The van der Waals surface area contributed by atoms with E-state index in [0.717, 1.165) is 19.4 Å². The zero-order valence-corrected chi connectivity index (χ0v) is 14.0.